The highest BCUT2D eigenvalue weighted by Gasteiger charge is 2.13. The highest BCUT2D eigenvalue weighted by Crippen LogP contribution is 2.20. The molecule has 2 rings (SSSR count). The number of nitrogens with zero attached hydrogens (tertiary/aromatic N) is 1. The lowest BCUT2D eigenvalue weighted by atomic mass is 10.1. The Bertz CT molecular complexity index is 397. The lowest BCUT2D eigenvalue weighted by molar-refractivity contribution is -0.121. The molecule has 1 aromatic heterocycles. The van der Waals surface area contributed by atoms with Crippen molar-refractivity contribution < 1.29 is 4.79 Å². The van der Waals surface area contributed by atoms with E-state index in [1.165, 1.54) is 0 Å². The number of nitrogens with one attached hydrogen (secondary N) is 1. The molecule has 4 heteroatoms. The molecule has 0 aromatic carbocycles. The van der Waals surface area contributed by atoms with Gasteiger partial charge in [0.1, 0.15) is 5.01 Å². The van der Waals surface area contributed by atoms with Gasteiger partial charge in [0, 0.05) is 17.5 Å². The van der Waals surface area contributed by atoms with Crippen LogP contribution in [0.15, 0.2) is 17.5 Å². The minimum absolute atomic E-state index is 0.129. The van der Waals surface area contributed by atoms with Crippen molar-refractivity contribution in [1.29, 1.82) is 0 Å². The molecular formula is C12H16N2OS. The number of allylic oxidation sites excluding steroid dienone is 2. The molecule has 1 aromatic rings. The summed E-state index contributed by atoms with van der Waals surface area (Å²) in [4.78, 5) is 15.9. The Morgan fingerprint density at radius 2 is 2.56 bits per heavy atom. The van der Waals surface area contributed by atoms with E-state index >= 15 is 0 Å². The van der Waals surface area contributed by atoms with Gasteiger partial charge in [-0.05, 0) is 25.7 Å². The number of rotatable bonds is 4. The fourth-order valence-corrected chi connectivity index (χ4v) is 2.55. The molecule has 16 heavy (non-hydrogen) atoms. The number of hydrogen-bond acceptors (Lipinski definition) is 3. The molecular weight excluding hydrogens is 220 g/mol. The first kappa shape index (κ1) is 11.3. The van der Waals surface area contributed by atoms with Crippen LogP contribution in [0.2, 0.25) is 0 Å². The number of aryl methyl sites for hydroxylation is 1. The second-order valence-corrected chi connectivity index (χ2v) is 5.07. The molecule has 0 bridgehead atoms. The number of thiazole rings is 1. The molecule has 86 valence electrons. The fraction of sp³-hybridized carbons (Fsp3) is 0.500. The third-order valence-corrected chi connectivity index (χ3v) is 3.63. The van der Waals surface area contributed by atoms with Crippen LogP contribution in [0.1, 0.15) is 30.0 Å². The molecule has 0 spiro atoms. The Labute approximate surface area is 99.6 Å². The summed E-state index contributed by atoms with van der Waals surface area (Å²) in [5, 5.41) is 5.89. The molecule has 0 fully saturated rings. The van der Waals surface area contributed by atoms with E-state index in [1.54, 1.807) is 11.3 Å². The van der Waals surface area contributed by atoms with Crippen molar-refractivity contribution in [2.75, 3.05) is 0 Å². The van der Waals surface area contributed by atoms with Crippen LogP contribution in [0, 0.1) is 12.8 Å². The van der Waals surface area contributed by atoms with E-state index in [2.05, 4.69) is 22.5 Å². The van der Waals surface area contributed by atoms with Gasteiger partial charge in [-0.3, -0.25) is 4.79 Å². The normalized spacial score (nSPS) is 18.9. The lowest BCUT2D eigenvalue weighted by Gasteiger charge is -2.07. The van der Waals surface area contributed by atoms with E-state index in [0.29, 0.717) is 18.9 Å². The van der Waals surface area contributed by atoms with Gasteiger partial charge in [0.2, 0.25) is 5.91 Å². The number of hydrogen-bond donors (Lipinski definition) is 1. The smallest absolute Gasteiger partial charge is 0.220 e. The molecule has 1 N–H and O–H groups in total. The zero-order chi connectivity index (χ0) is 11.4. The molecule has 0 aliphatic heterocycles. The first-order chi connectivity index (χ1) is 7.74. The largest absolute Gasteiger partial charge is 0.350 e. The van der Waals surface area contributed by atoms with E-state index in [1.807, 2.05) is 12.3 Å². The number of amides is 1. The average Bonchev–Trinajstić information content (AvgIpc) is 2.87. The Balaban J connectivity index is 1.73. The Hall–Kier alpha value is -1.16. The highest BCUT2D eigenvalue weighted by atomic mass is 32.1. The summed E-state index contributed by atoms with van der Waals surface area (Å²) in [5.41, 5.74) is 1.02. The third-order valence-electron chi connectivity index (χ3n) is 2.66. The van der Waals surface area contributed by atoms with Crippen molar-refractivity contribution in [1.82, 2.24) is 10.3 Å². The van der Waals surface area contributed by atoms with Crippen LogP contribution in [-0.2, 0) is 11.3 Å². The van der Waals surface area contributed by atoms with Crippen LogP contribution in [0.5, 0.6) is 0 Å². The molecule has 1 heterocycles. The monoisotopic (exact) mass is 236 g/mol. The molecule has 0 saturated carbocycles. The highest BCUT2D eigenvalue weighted by molar-refractivity contribution is 7.09. The van der Waals surface area contributed by atoms with Gasteiger partial charge >= 0.3 is 0 Å². The molecule has 1 atom stereocenters. The topological polar surface area (TPSA) is 42.0 Å². The minimum Gasteiger partial charge on any atom is -0.350 e. The van der Waals surface area contributed by atoms with E-state index in [4.69, 9.17) is 0 Å². The Morgan fingerprint density at radius 3 is 3.19 bits per heavy atom. The summed E-state index contributed by atoms with van der Waals surface area (Å²) >= 11 is 1.59. The first-order valence-corrected chi connectivity index (χ1v) is 6.46. The van der Waals surface area contributed by atoms with E-state index < -0.39 is 0 Å². The minimum atomic E-state index is 0.129. The van der Waals surface area contributed by atoms with Crippen LogP contribution in [-0.4, -0.2) is 10.9 Å². The van der Waals surface area contributed by atoms with Gasteiger partial charge in [-0.25, -0.2) is 4.98 Å². The lowest BCUT2D eigenvalue weighted by Crippen LogP contribution is -2.24. The van der Waals surface area contributed by atoms with E-state index in [9.17, 15) is 4.79 Å². The second-order valence-electron chi connectivity index (χ2n) is 4.13. The van der Waals surface area contributed by atoms with Crippen molar-refractivity contribution in [2.24, 2.45) is 5.92 Å². The Kier molecular flexibility index (Phi) is 3.72. The van der Waals surface area contributed by atoms with Crippen LogP contribution in [0.25, 0.3) is 0 Å². The van der Waals surface area contributed by atoms with E-state index in [0.717, 1.165) is 23.5 Å². The zero-order valence-corrected chi connectivity index (χ0v) is 10.2. The number of carbonyl (C=O) groups excluding carboxylic acids is 1. The Morgan fingerprint density at radius 1 is 1.69 bits per heavy atom. The van der Waals surface area contributed by atoms with Crippen molar-refractivity contribution >= 4 is 17.2 Å². The van der Waals surface area contributed by atoms with Crippen molar-refractivity contribution in [3.05, 3.63) is 28.2 Å². The van der Waals surface area contributed by atoms with Crippen LogP contribution < -0.4 is 5.32 Å². The molecule has 0 saturated heterocycles. The van der Waals surface area contributed by atoms with E-state index in [-0.39, 0.29) is 5.91 Å². The SMILES string of the molecule is Cc1csc(CNC(=O)C[C@@H]2C=CCC2)n1. The molecule has 0 unspecified atom stereocenters. The fourth-order valence-electron chi connectivity index (χ4n) is 1.83. The maximum Gasteiger partial charge on any atom is 0.220 e. The molecule has 1 aliphatic rings. The van der Waals surface area contributed by atoms with Crippen molar-refractivity contribution in [2.45, 2.75) is 32.7 Å². The zero-order valence-electron chi connectivity index (χ0n) is 9.40. The molecule has 0 radical (unpaired) electrons. The third kappa shape index (κ3) is 3.17. The molecule has 1 amide bonds. The summed E-state index contributed by atoms with van der Waals surface area (Å²) in [6.07, 6.45) is 7.14. The maximum absolute atomic E-state index is 11.6. The summed E-state index contributed by atoms with van der Waals surface area (Å²) in [6.45, 7) is 2.53. The molecule has 3 nitrogen and oxygen atoms in total. The summed E-state index contributed by atoms with van der Waals surface area (Å²) in [7, 11) is 0. The van der Waals surface area contributed by atoms with Gasteiger partial charge < -0.3 is 5.32 Å². The van der Waals surface area contributed by atoms with Gasteiger partial charge in [-0.15, -0.1) is 11.3 Å². The summed E-state index contributed by atoms with van der Waals surface area (Å²) in [6, 6.07) is 0. The number of carbonyl (C=O) groups is 1. The van der Waals surface area contributed by atoms with Gasteiger partial charge in [0.25, 0.3) is 0 Å². The van der Waals surface area contributed by atoms with Gasteiger partial charge in [-0.2, -0.15) is 0 Å². The van der Waals surface area contributed by atoms with Gasteiger partial charge in [-0.1, -0.05) is 12.2 Å². The van der Waals surface area contributed by atoms with Gasteiger partial charge in [0.15, 0.2) is 0 Å². The predicted octanol–water partition coefficient (Wildman–Crippen LogP) is 2.42. The second kappa shape index (κ2) is 5.25. The predicted molar refractivity (Wildman–Crippen MR) is 65.2 cm³/mol. The standard InChI is InChI=1S/C12H16N2OS/c1-9-8-16-12(14-9)7-13-11(15)6-10-4-2-3-5-10/h2,4,8,10H,3,5-7H2,1H3,(H,13,15)/t10-/m1/s1. The summed E-state index contributed by atoms with van der Waals surface area (Å²) < 4.78 is 0. The number of aromatic nitrogens is 1. The van der Waals surface area contributed by atoms with Crippen LogP contribution >= 0.6 is 11.3 Å². The van der Waals surface area contributed by atoms with Crippen LogP contribution in [0.4, 0.5) is 0 Å². The van der Waals surface area contributed by atoms with Crippen LogP contribution in [0.3, 0.4) is 0 Å². The first-order valence-electron chi connectivity index (χ1n) is 5.58. The van der Waals surface area contributed by atoms with Gasteiger partial charge in [0.05, 0.1) is 6.54 Å². The maximum atomic E-state index is 11.6. The summed E-state index contributed by atoms with van der Waals surface area (Å²) in [5.74, 6) is 0.572. The average molecular weight is 236 g/mol. The quantitative estimate of drug-likeness (QED) is 0.816. The molecule has 1 aliphatic carbocycles. The van der Waals surface area contributed by atoms with Crippen molar-refractivity contribution in [3.63, 3.8) is 0 Å². The van der Waals surface area contributed by atoms with Crippen molar-refractivity contribution in [3.8, 4) is 0 Å².